The van der Waals surface area contributed by atoms with Crippen molar-refractivity contribution >= 4 is 29.1 Å². The van der Waals surface area contributed by atoms with E-state index in [1.54, 1.807) is 24.3 Å². The smallest absolute Gasteiger partial charge is 0.228 e. The summed E-state index contributed by atoms with van der Waals surface area (Å²) >= 11 is 5.99. The molecule has 2 unspecified atom stereocenters. The first kappa shape index (κ1) is 15.8. The fourth-order valence-corrected chi connectivity index (χ4v) is 2.28. The molecule has 0 bridgehead atoms. The van der Waals surface area contributed by atoms with Crippen molar-refractivity contribution in [1.29, 1.82) is 0 Å². The third-order valence-electron chi connectivity index (χ3n) is 3.45. The van der Waals surface area contributed by atoms with Crippen LogP contribution in [0.15, 0.2) is 24.3 Å². The highest BCUT2D eigenvalue weighted by Crippen LogP contribution is 2.39. The largest absolute Gasteiger partial charge is 0.355 e. The van der Waals surface area contributed by atoms with Gasteiger partial charge in [-0.1, -0.05) is 23.7 Å². The maximum absolute atomic E-state index is 12.1. The first-order chi connectivity index (χ1) is 9.99. The fourth-order valence-electron chi connectivity index (χ4n) is 2.10. The van der Waals surface area contributed by atoms with Gasteiger partial charge in [0, 0.05) is 13.1 Å². The van der Waals surface area contributed by atoms with Crippen molar-refractivity contribution in [2.24, 2.45) is 11.8 Å². The monoisotopic (exact) mass is 309 g/mol. The first-order valence-electron chi connectivity index (χ1n) is 6.97. The molecule has 2 atom stereocenters. The lowest BCUT2D eigenvalue weighted by Crippen LogP contribution is -2.33. The van der Waals surface area contributed by atoms with Crippen molar-refractivity contribution in [1.82, 2.24) is 10.2 Å². The van der Waals surface area contributed by atoms with Crippen LogP contribution in [0.5, 0.6) is 0 Å². The molecule has 1 fully saturated rings. The summed E-state index contributed by atoms with van der Waals surface area (Å²) in [5, 5.41) is 6.12. The van der Waals surface area contributed by atoms with Crippen LogP contribution in [0.3, 0.4) is 0 Å². The number of nitrogens with one attached hydrogen (secondary N) is 2. The molecule has 6 heteroatoms. The van der Waals surface area contributed by atoms with Crippen LogP contribution in [-0.2, 0) is 9.59 Å². The Hall–Kier alpha value is -1.59. The highest BCUT2D eigenvalue weighted by molar-refractivity contribution is 6.33. The van der Waals surface area contributed by atoms with Gasteiger partial charge in [0.2, 0.25) is 11.8 Å². The maximum atomic E-state index is 12.1. The summed E-state index contributed by atoms with van der Waals surface area (Å²) in [6.45, 7) is 1.39. The first-order valence-corrected chi connectivity index (χ1v) is 7.34. The summed E-state index contributed by atoms with van der Waals surface area (Å²) < 4.78 is 0. The van der Waals surface area contributed by atoms with Crippen molar-refractivity contribution in [2.45, 2.75) is 6.42 Å². The van der Waals surface area contributed by atoms with E-state index in [-0.39, 0.29) is 23.7 Å². The standard InChI is InChI=1S/C15H20ClN3O2/c1-19(2)8-7-17-14(20)10-9-11(10)15(21)18-13-6-4-3-5-12(13)16/h3-6,10-11H,7-9H2,1-2H3,(H,17,20)(H,18,21). The Labute approximate surface area is 129 Å². The highest BCUT2D eigenvalue weighted by Gasteiger charge is 2.47. The number of carbonyl (C=O) groups is 2. The summed E-state index contributed by atoms with van der Waals surface area (Å²) in [6, 6.07) is 7.07. The number of para-hydroxylation sites is 1. The fraction of sp³-hybridized carbons (Fsp3) is 0.467. The number of halogens is 1. The SMILES string of the molecule is CN(C)CCNC(=O)C1CC1C(=O)Nc1ccccc1Cl. The number of anilines is 1. The molecule has 0 saturated heterocycles. The molecule has 114 valence electrons. The minimum Gasteiger partial charge on any atom is -0.355 e. The third-order valence-corrected chi connectivity index (χ3v) is 3.78. The molecule has 2 amide bonds. The summed E-state index contributed by atoms with van der Waals surface area (Å²) in [6.07, 6.45) is 0.601. The molecule has 1 aromatic carbocycles. The van der Waals surface area contributed by atoms with Crippen LogP contribution < -0.4 is 10.6 Å². The lowest BCUT2D eigenvalue weighted by molar-refractivity contribution is -0.125. The van der Waals surface area contributed by atoms with Crippen LogP contribution in [0.2, 0.25) is 5.02 Å². The summed E-state index contributed by atoms with van der Waals surface area (Å²) in [4.78, 5) is 25.9. The van der Waals surface area contributed by atoms with Crippen molar-refractivity contribution in [3.63, 3.8) is 0 Å². The van der Waals surface area contributed by atoms with Crippen molar-refractivity contribution < 1.29 is 9.59 Å². The normalized spacial score (nSPS) is 20.2. The van der Waals surface area contributed by atoms with Gasteiger partial charge in [0.05, 0.1) is 22.5 Å². The van der Waals surface area contributed by atoms with Crippen LogP contribution >= 0.6 is 11.6 Å². The molecule has 2 rings (SSSR count). The third kappa shape index (κ3) is 4.44. The molecule has 1 aromatic rings. The van der Waals surface area contributed by atoms with Gasteiger partial charge in [-0.05, 0) is 32.6 Å². The molecular formula is C15H20ClN3O2. The molecule has 0 spiro atoms. The molecule has 0 heterocycles. The van der Waals surface area contributed by atoms with Gasteiger partial charge in [0.25, 0.3) is 0 Å². The van der Waals surface area contributed by atoms with E-state index in [1.807, 2.05) is 19.0 Å². The zero-order valence-electron chi connectivity index (χ0n) is 12.2. The average Bonchev–Trinajstić information content (AvgIpc) is 3.21. The number of hydrogen-bond donors (Lipinski definition) is 2. The zero-order chi connectivity index (χ0) is 15.4. The predicted molar refractivity (Wildman–Crippen MR) is 83.2 cm³/mol. The molecule has 0 aliphatic heterocycles. The summed E-state index contributed by atoms with van der Waals surface area (Å²) in [5.74, 6) is -0.651. The number of hydrogen-bond acceptors (Lipinski definition) is 3. The Morgan fingerprint density at radius 2 is 1.90 bits per heavy atom. The molecule has 2 N–H and O–H groups in total. The molecule has 1 saturated carbocycles. The molecule has 5 nitrogen and oxygen atoms in total. The number of rotatable bonds is 6. The van der Waals surface area contributed by atoms with Crippen LogP contribution in [-0.4, -0.2) is 43.9 Å². The quantitative estimate of drug-likeness (QED) is 0.839. The van der Waals surface area contributed by atoms with Gasteiger partial charge in [-0.25, -0.2) is 0 Å². The second kappa shape index (κ2) is 6.91. The molecule has 0 aromatic heterocycles. The Kier molecular flexibility index (Phi) is 5.20. The van der Waals surface area contributed by atoms with Crippen LogP contribution in [0.25, 0.3) is 0 Å². The van der Waals surface area contributed by atoms with E-state index in [0.29, 0.717) is 23.7 Å². The minimum absolute atomic E-state index is 0.0452. The number of carbonyl (C=O) groups excluding carboxylic acids is 2. The van der Waals surface area contributed by atoms with E-state index in [9.17, 15) is 9.59 Å². The van der Waals surface area contributed by atoms with E-state index in [1.165, 1.54) is 0 Å². The summed E-state index contributed by atoms with van der Waals surface area (Å²) in [5.41, 5.74) is 0.586. The van der Waals surface area contributed by atoms with Crippen molar-refractivity contribution in [3.05, 3.63) is 29.3 Å². The molecule has 1 aliphatic rings. The van der Waals surface area contributed by atoms with Gasteiger partial charge >= 0.3 is 0 Å². The molecule has 21 heavy (non-hydrogen) atoms. The van der Waals surface area contributed by atoms with E-state index < -0.39 is 0 Å². The second-order valence-corrected chi connectivity index (χ2v) is 5.92. The number of nitrogens with zero attached hydrogens (tertiary/aromatic N) is 1. The van der Waals surface area contributed by atoms with E-state index in [2.05, 4.69) is 10.6 Å². The van der Waals surface area contributed by atoms with Gasteiger partial charge in [0.15, 0.2) is 0 Å². The van der Waals surface area contributed by atoms with Gasteiger partial charge in [0.1, 0.15) is 0 Å². The molecule has 0 radical (unpaired) electrons. The number of likely N-dealkylation sites (N-methyl/N-ethyl adjacent to an activating group) is 1. The van der Waals surface area contributed by atoms with Crippen LogP contribution in [0.1, 0.15) is 6.42 Å². The van der Waals surface area contributed by atoms with Crippen molar-refractivity contribution in [2.75, 3.05) is 32.5 Å². The average molecular weight is 310 g/mol. The van der Waals surface area contributed by atoms with Gasteiger partial charge in [-0.2, -0.15) is 0 Å². The van der Waals surface area contributed by atoms with Crippen molar-refractivity contribution in [3.8, 4) is 0 Å². The maximum Gasteiger partial charge on any atom is 0.228 e. The Balaban J connectivity index is 1.79. The minimum atomic E-state index is -0.249. The predicted octanol–water partition coefficient (Wildman–Crippen LogP) is 1.59. The summed E-state index contributed by atoms with van der Waals surface area (Å²) in [7, 11) is 3.90. The van der Waals surface area contributed by atoms with Crippen LogP contribution in [0.4, 0.5) is 5.69 Å². The second-order valence-electron chi connectivity index (χ2n) is 5.51. The van der Waals surface area contributed by atoms with Crippen LogP contribution in [0, 0.1) is 11.8 Å². The lowest BCUT2D eigenvalue weighted by atomic mass is 10.2. The van der Waals surface area contributed by atoms with Gasteiger partial charge < -0.3 is 15.5 Å². The van der Waals surface area contributed by atoms with E-state index >= 15 is 0 Å². The molecular weight excluding hydrogens is 290 g/mol. The van der Waals surface area contributed by atoms with E-state index in [0.717, 1.165) is 6.54 Å². The Morgan fingerprint density at radius 1 is 1.24 bits per heavy atom. The highest BCUT2D eigenvalue weighted by atomic mass is 35.5. The zero-order valence-corrected chi connectivity index (χ0v) is 13.0. The Bertz CT molecular complexity index is 533. The van der Waals surface area contributed by atoms with Gasteiger partial charge in [-0.15, -0.1) is 0 Å². The van der Waals surface area contributed by atoms with Gasteiger partial charge in [-0.3, -0.25) is 9.59 Å². The topological polar surface area (TPSA) is 61.4 Å². The lowest BCUT2D eigenvalue weighted by Gasteiger charge is -2.10. The number of benzene rings is 1. The van der Waals surface area contributed by atoms with E-state index in [4.69, 9.17) is 11.6 Å². The Morgan fingerprint density at radius 3 is 2.57 bits per heavy atom. The molecule has 1 aliphatic carbocycles. The number of amides is 2.